The molecule has 1 aromatic rings. The monoisotopic (exact) mass is 201 g/mol. The van der Waals surface area contributed by atoms with E-state index in [2.05, 4.69) is 23.0 Å². The topological polar surface area (TPSA) is 3.24 Å². The third-order valence-electron chi connectivity index (χ3n) is 1.85. The molecule has 2 rings (SSSR count). The molecule has 0 saturated heterocycles. The number of nitrogens with zero attached hydrogens (tertiary/aromatic N) is 1. The maximum absolute atomic E-state index is 3.96. The zero-order valence-corrected chi connectivity index (χ0v) is 8.58. The minimum atomic E-state index is 1.00. The standard InChI is InChI=1S/C12H11NS/c1-11-7-5-6-10-13(11)14-12-8-3-2-4-9-12/h2-10H,1H2. The molecular formula is C12H11NS. The van der Waals surface area contributed by atoms with E-state index in [0.29, 0.717) is 0 Å². The Balaban J connectivity index is 2.09. The SMILES string of the molecule is C=C1C=CC=CN1Sc1ccccc1. The van der Waals surface area contributed by atoms with Crippen molar-refractivity contribution in [3.05, 3.63) is 67.0 Å². The second kappa shape index (κ2) is 4.20. The van der Waals surface area contributed by atoms with Crippen LogP contribution in [0, 0.1) is 0 Å². The lowest BCUT2D eigenvalue weighted by Gasteiger charge is -2.20. The Morgan fingerprint density at radius 2 is 1.86 bits per heavy atom. The highest BCUT2D eigenvalue weighted by molar-refractivity contribution is 7.97. The molecule has 70 valence electrons. The van der Waals surface area contributed by atoms with Gasteiger partial charge in [0.25, 0.3) is 0 Å². The summed E-state index contributed by atoms with van der Waals surface area (Å²) < 4.78 is 2.05. The predicted molar refractivity (Wildman–Crippen MR) is 61.6 cm³/mol. The Labute approximate surface area is 88.6 Å². The number of allylic oxidation sites excluding steroid dienone is 3. The molecule has 0 bridgehead atoms. The lowest BCUT2D eigenvalue weighted by molar-refractivity contribution is 0.794. The fraction of sp³-hybridized carbons (Fsp3) is 0. The van der Waals surface area contributed by atoms with Gasteiger partial charge in [0.15, 0.2) is 0 Å². The van der Waals surface area contributed by atoms with Gasteiger partial charge in [-0.2, -0.15) is 0 Å². The van der Waals surface area contributed by atoms with Crippen molar-refractivity contribution in [2.45, 2.75) is 4.90 Å². The molecule has 0 amide bonds. The Hall–Kier alpha value is -1.41. The summed E-state index contributed by atoms with van der Waals surface area (Å²) in [6, 6.07) is 10.3. The highest BCUT2D eigenvalue weighted by atomic mass is 32.2. The van der Waals surface area contributed by atoms with E-state index in [4.69, 9.17) is 0 Å². The van der Waals surface area contributed by atoms with Crippen LogP contribution in [0.4, 0.5) is 0 Å². The minimum absolute atomic E-state index is 1.00. The van der Waals surface area contributed by atoms with E-state index in [1.165, 1.54) is 4.90 Å². The van der Waals surface area contributed by atoms with Crippen LogP contribution in [0.5, 0.6) is 0 Å². The Morgan fingerprint density at radius 3 is 2.57 bits per heavy atom. The van der Waals surface area contributed by atoms with E-state index in [0.717, 1.165) is 5.70 Å². The van der Waals surface area contributed by atoms with Gasteiger partial charge in [0.05, 0.1) is 0 Å². The van der Waals surface area contributed by atoms with Crippen molar-refractivity contribution in [3.8, 4) is 0 Å². The quantitative estimate of drug-likeness (QED) is 0.673. The molecule has 1 aliphatic heterocycles. The van der Waals surface area contributed by atoms with Crippen LogP contribution < -0.4 is 0 Å². The van der Waals surface area contributed by atoms with Crippen LogP contribution in [-0.2, 0) is 0 Å². The van der Waals surface area contributed by atoms with Gasteiger partial charge in [0, 0.05) is 16.8 Å². The van der Waals surface area contributed by atoms with E-state index < -0.39 is 0 Å². The zero-order valence-electron chi connectivity index (χ0n) is 7.76. The van der Waals surface area contributed by atoms with E-state index >= 15 is 0 Å². The van der Waals surface area contributed by atoms with Gasteiger partial charge in [-0.15, -0.1) is 0 Å². The highest BCUT2D eigenvalue weighted by Gasteiger charge is 2.05. The summed E-state index contributed by atoms with van der Waals surface area (Å²) in [7, 11) is 0. The lowest BCUT2D eigenvalue weighted by Crippen LogP contribution is -2.06. The van der Waals surface area contributed by atoms with Crippen LogP contribution in [0.2, 0.25) is 0 Å². The van der Waals surface area contributed by atoms with Gasteiger partial charge in [0.2, 0.25) is 0 Å². The molecule has 1 heterocycles. The molecule has 0 atom stereocenters. The van der Waals surface area contributed by atoms with E-state index in [-0.39, 0.29) is 0 Å². The van der Waals surface area contributed by atoms with Gasteiger partial charge in [-0.25, -0.2) is 0 Å². The van der Waals surface area contributed by atoms with Gasteiger partial charge in [0.1, 0.15) is 0 Å². The van der Waals surface area contributed by atoms with Crippen molar-refractivity contribution >= 4 is 11.9 Å². The number of hydrogen-bond donors (Lipinski definition) is 0. The summed E-state index contributed by atoms with van der Waals surface area (Å²) in [4.78, 5) is 1.22. The molecule has 0 N–H and O–H groups in total. The van der Waals surface area contributed by atoms with Crippen LogP contribution in [-0.4, -0.2) is 4.31 Å². The molecule has 0 aliphatic carbocycles. The number of hydrogen-bond acceptors (Lipinski definition) is 2. The Kier molecular flexibility index (Phi) is 2.75. The van der Waals surface area contributed by atoms with Crippen molar-refractivity contribution in [1.82, 2.24) is 4.31 Å². The Morgan fingerprint density at radius 1 is 1.07 bits per heavy atom. The highest BCUT2D eigenvalue weighted by Crippen LogP contribution is 2.27. The molecule has 0 radical (unpaired) electrons. The van der Waals surface area contributed by atoms with Crippen molar-refractivity contribution in [2.24, 2.45) is 0 Å². The first-order chi connectivity index (χ1) is 6.86. The molecule has 2 heteroatoms. The third-order valence-corrected chi connectivity index (χ3v) is 2.89. The summed E-state index contributed by atoms with van der Waals surface area (Å²) in [5.41, 5.74) is 1.00. The summed E-state index contributed by atoms with van der Waals surface area (Å²) >= 11 is 1.67. The average Bonchev–Trinajstić information content (AvgIpc) is 2.23. The molecule has 1 aromatic carbocycles. The maximum atomic E-state index is 3.96. The first kappa shape index (κ1) is 9.16. The molecule has 0 saturated carbocycles. The summed E-state index contributed by atoms with van der Waals surface area (Å²) in [6.45, 7) is 3.96. The van der Waals surface area contributed by atoms with Gasteiger partial charge < -0.3 is 0 Å². The first-order valence-electron chi connectivity index (χ1n) is 4.42. The summed E-state index contributed by atoms with van der Waals surface area (Å²) in [5.74, 6) is 0. The minimum Gasteiger partial charge on any atom is -0.288 e. The van der Waals surface area contributed by atoms with Gasteiger partial charge in [-0.05, 0) is 36.2 Å². The second-order valence-electron chi connectivity index (χ2n) is 2.92. The van der Waals surface area contributed by atoms with Crippen LogP contribution in [0.25, 0.3) is 0 Å². The molecule has 14 heavy (non-hydrogen) atoms. The fourth-order valence-electron chi connectivity index (χ4n) is 1.15. The van der Waals surface area contributed by atoms with Crippen molar-refractivity contribution in [2.75, 3.05) is 0 Å². The smallest absolute Gasteiger partial charge is 0.0449 e. The molecular weight excluding hydrogens is 190 g/mol. The molecule has 1 aliphatic rings. The van der Waals surface area contributed by atoms with E-state index in [1.807, 2.05) is 42.6 Å². The van der Waals surface area contributed by atoms with Crippen molar-refractivity contribution < 1.29 is 0 Å². The normalized spacial score (nSPS) is 14.9. The fourth-order valence-corrected chi connectivity index (χ4v) is 1.96. The predicted octanol–water partition coefficient (Wildman–Crippen LogP) is 3.59. The zero-order chi connectivity index (χ0) is 9.80. The lowest BCUT2D eigenvalue weighted by atomic mass is 10.3. The average molecular weight is 201 g/mol. The molecule has 0 aromatic heterocycles. The second-order valence-corrected chi connectivity index (χ2v) is 3.97. The van der Waals surface area contributed by atoms with Crippen molar-refractivity contribution in [3.63, 3.8) is 0 Å². The van der Waals surface area contributed by atoms with Crippen LogP contribution >= 0.6 is 11.9 Å². The van der Waals surface area contributed by atoms with Crippen LogP contribution in [0.3, 0.4) is 0 Å². The largest absolute Gasteiger partial charge is 0.288 e. The van der Waals surface area contributed by atoms with Crippen LogP contribution in [0.15, 0.2) is 71.9 Å². The molecule has 0 spiro atoms. The summed E-state index contributed by atoms with van der Waals surface area (Å²) in [5, 5.41) is 0. The maximum Gasteiger partial charge on any atom is 0.0449 e. The van der Waals surface area contributed by atoms with Gasteiger partial charge in [-0.1, -0.05) is 30.9 Å². The first-order valence-corrected chi connectivity index (χ1v) is 5.19. The summed E-state index contributed by atoms with van der Waals surface area (Å²) in [6.07, 6.45) is 8.00. The molecule has 0 fully saturated rings. The van der Waals surface area contributed by atoms with Crippen LogP contribution in [0.1, 0.15) is 0 Å². The van der Waals surface area contributed by atoms with E-state index in [9.17, 15) is 0 Å². The molecule has 1 nitrogen and oxygen atoms in total. The third kappa shape index (κ3) is 2.09. The Bertz CT molecular complexity index is 379. The van der Waals surface area contributed by atoms with Gasteiger partial charge in [-0.3, -0.25) is 4.31 Å². The molecule has 0 unspecified atom stereocenters. The van der Waals surface area contributed by atoms with Crippen molar-refractivity contribution in [1.29, 1.82) is 0 Å². The van der Waals surface area contributed by atoms with E-state index in [1.54, 1.807) is 11.9 Å². The number of rotatable bonds is 2. The van der Waals surface area contributed by atoms with Gasteiger partial charge >= 0.3 is 0 Å². The number of benzene rings is 1.